The minimum absolute atomic E-state index is 0.0250. The lowest BCUT2D eigenvalue weighted by atomic mass is 10.2. The van der Waals surface area contributed by atoms with E-state index in [-0.39, 0.29) is 11.7 Å². The minimum atomic E-state index is -0.573. The van der Waals surface area contributed by atoms with Crippen molar-refractivity contribution in [3.05, 3.63) is 35.6 Å². The number of rotatable bonds is 3. The minimum Gasteiger partial charge on any atom is -0.444 e. The molecule has 0 aliphatic carbocycles. The molecule has 2 aliphatic rings. The molecule has 2 saturated heterocycles. The summed E-state index contributed by atoms with van der Waals surface area (Å²) >= 11 is 0. The molecule has 3 rings (SSSR count). The zero-order chi connectivity index (χ0) is 21.0. The standard InChI is InChI=1S/C22H32FN3O3/c1-22(2,3)29-21(28)26-13-4-6-19(26)20(27)25-12-5-11-24(14-15-25)16-17-7-9-18(23)10-8-17/h7-10,19H,4-6,11-16H2,1-3H3. The first-order chi connectivity index (χ1) is 13.7. The van der Waals surface area contributed by atoms with Crippen molar-refractivity contribution in [1.29, 1.82) is 0 Å². The highest BCUT2D eigenvalue weighted by Crippen LogP contribution is 2.23. The second-order valence-corrected chi connectivity index (χ2v) is 8.91. The molecule has 2 amide bonds. The summed E-state index contributed by atoms with van der Waals surface area (Å²) in [6.45, 7) is 9.80. The number of benzene rings is 1. The Morgan fingerprint density at radius 3 is 2.45 bits per heavy atom. The fraction of sp³-hybridized carbons (Fsp3) is 0.636. The first-order valence-electron chi connectivity index (χ1n) is 10.5. The Balaban J connectivity index is 1.57. The summed E-state index contributed by atoms with van der Waals surface area (Å²) in [5.41, 5.74) is 0.495. The number of amides is 2. The molecule has 1 unspecified atom stereocenters. The van der Waals surface area contributed by atoms with Crippen LogP contribution in [0.4, 0.5) is 9.18 Å². The molecule has 1 aromatic rings. The van der Waals surface area contributed by atoms with Gasteiger partial charge >= 0.3 is 6.09 Å². The summed E-state index contributed by atoms with van der Waals surface area (Å²) in [4.78, 5) is 31.4. The quantitative estimate of drug-likeness (QED) is 0.775. The molecule has 0 aromatic heterocycles. The van der Waals surface area contributed by atoms with Crippen molar-refractivity contribution in [2.45, 2.75) is 58.2 Å². The van der Waals surface area contributed by atoms with Gasteiger partial charge in [-0.15, -0.1) is 0 Å². The normalized spacial score (nSPS) is 21.2. The number of carbonyl (C=O) groups excluding carboxylic acids is 2. The predicted octanol–water partition coefficient (Wildman–Crippen LogP) is 3.26. The number of halogens is 1. The molecule has 0 saturated carbocycles. The Labute approximate surface area is 172 Å². The Kier molecular flexibility index (Phi) is 6.77. The Hall–Kier alpha value is -2.15. The smallest absolute Gasteiger partial charge is 0.410 e. The summed E-state index contributed by atoms with van der Waals surface area (Å²) in [7, 11) is 0. The van der Waals surface area contributed by atoms with Gasteiger partial charge in [-0.05, 0) is 57.7 Å². The summed E-state index contributed by atoms with van der Waals surface area (Å²) in [5, 5.41) is 0. The third kappa shape index (κ3) is 5.92. The van der Waals surface area contributed by atoms with Gasteiger partial charge in [0.25, 0.3) is 0 Å². The number of hydrogen-bond acceptors (Lipinski definition) is 4. The largest absolute Gasteiger partial charge is 0.444 e. The van der Waals surface area contributed by atoms with Gasteiger partial charge in [0.2, 0.25) is 5.91 Å². The third-order valence-corrected chi connectivity index (χ3v) is 5.39. The molecule has 0 radical (unpaired) electrons. The Morgan fingerprint density at radius 1 is 1.03 bits per heavy atom. The summed E-state index contributed by atoms with van der Waals surface area (Å²) in [5.74, 6) is -0.204. The van der Waals surface area contributed by atoms with Gasteiger partial charge in [-0.1, -0.05) is 12.1 Å². The van der Waals surface area contributed by atoms with Crippen molar-refractivity contribution >= 4 is 12.0 Å². The molecular weight excluding hydrogens is 373 g/mol. The number of carbonyl (C=O) groups is 2. The first-order valence-corrected chi connectivity index (χ1v) is 10.5. The van der Waals surface area contributed by atoms with E-state index in [0.29, 0.717) is 26.1 Å². The van der Waals surface area contributed by atoms with Crippen LogP contribution in [0.15, 0.2) is 24.3 Å². The molecule has 2 heterocycles. The highest BCUT2D eigenvalue weighted by Gasteiger charge is 2.38. The maximum atomic E-state index is 13.2. The fourth-order valence-corrected chi connectivity index (χ4v) is 3.97. The lowest BCUT2D eigenvalue weighted by Crippen LogP contribution is -2.49. The van der Waals surface area contributed by atoms with E-state index in [1.165, 1.54) is 12.1 Å². The summed E-state index contributed by atoms with van der Waals surface area (Å²) < 4.78 is 18.6. The van der Waals surface area contributed by atoms with Crippen LogP contribution in [0.3, 0.4) is 0 Å². The molecule has 0 spiro atoms. The van der Waals surface area contributed by atoms with E-state index in [2.05, 4.69) is 4.90 Å². The maximum Gasteiger partial charge on any atom is 0.410 e. The van der Waals surface area contributed by atoms with Crippen molar-refractivity contribution in [3.8, 4) is 0 Å². The average molecular weight is 406 g/mol. The zero-order valence-corrected chi connectivity index (χ0v) is 17.7. The van der Waals surface area contributed by atoms with E-state index in [9.17, 15) is 14.0 Å². The number of likely N-dealkylation sites (tertiary alicyclic amines) is 1. The number of ether oxygens (including phenoxy) is 1. The van der Waals surface area contributed by atoms with Gasteiger partial charge in [0.15, 0.2) is 0 Å². The first kappa shape index (κ1) is 21.6. The Bertz CT molecular complexity index is 717. The van der Waals surface area contributed by atoms with E-state index in [1.807, 2.05) is 25.7 Å². The van der Waals surface area contributed by atoms with Gasteiger partial charge in [-0.3, -0.25) is 14.6 Å². The molecule has 1 atom stereocenters. The van der Waals surface area contributed by atoms with Gasteiger partial charge in [-0.2, -0.15) is 0 Å². The molecular formula is C22H32FN3O3. The maximum absolute atomic E-state index is 13.2. The zero-order valence-electron chi connectivity index (χ0n) is 17.7. The van der Waals surface area contributed by atoms with Gasteiger partial charge in [0.05, 0.1) is 0 Å². The third-order valence-electron chi connectivity index (χ3n) is 5.39. The molecule has 2 fully saturated rings. The molecule has 0 bridgehead atoms. The molecule has 6 nitrogen and oxygen atoms in total. The monoisotopic (exact) mass is 405 g/mol. The second kappa shape index (κ2) is 9.11. The van der Waals surface area contributed by atoms with Crippen molar-refractivity contribution in [1.82, 2.24) is 14.7 Å². The van der Waals surface area contributed by atoms with Crippen LogP contribution in [-0.4, -0.2) is 71.1 Å². The van der Waals surface area contributed by atoms with Crippen LogP contribution in [0.1, 0.15) is 45.6 Å². The molecule has 29 heavy (non-hydrogen) atoms. The van der Waals surface area contributed by atoms with E-state index >= 15 is 0 Å². The van der Waals surface area contributed by atoms with Crippen molar-refractivity contribution in [2.75, 3.05) is 32.7 Å². The SMILES string of the molecule is CC(C)(C)OC(=O)N1CCCC1C(=O)N1CCCN(Cc2ccc(F)cc2)CC1. The topological polar surface area (TPSA) is 53.1 Å². The molecule has 2 aliphatic heterocycles. The second-order valence-electron chi connectivity index (χ2n) is 8.91. The Morgan fingerprint density at radius 2 is 1.76 bits per heavy atom. The number of nitrogens with zero attached hydrogens (tertiary/aromatic N) is 3. The highest BCUT2D eigenvalue weighted by molar-refractivity contribution is 5.86. The van der Waals surface area contributed by atoms with E-state index < -0.39 is 17.7 Å². The van der Waals surface area contributed by atoms with E-state index in [1.54, 1.807) is 17.0 Å². The van der Waals surface area contributed by atoms with Gasteiger partial charge < -0.3 is 9.64 Å². The van der Waals surface area contributed by atoms with Crippen molar-refractivity contribution < 1.29 is 18.7 Å². The van der Waals surface area contributed by atoms with Gasteiger partial charge in [-0.25, -0.2) is 9.18 Å². The van der Waals surface area contributed by atoms with Crippen LogP contribution < -0.4 is 0 Å². The molecule has 1 aromatic carbocycles. The van der Waals surface area contributed by atoms with Crippen LogP contribution >= 0.6 is 0 Å². The lowest BCUT2D eigenvalue weighted by Gasteiger charge is -2.31. The fourth-order valence-electron chi connectivity index (χ4n) is 3.97. The van der Waals surface area contributed by atoms with Crippen molar-refractivity contribution in [2.24, 2.45) is 0 Å². The summed E-state index contributed by atoms with van der Waals surface area (Å²) in [6, 6.07) is 6.15. The lowest BCUT2D eigenvalue weighted by molar-refractivity contribution is -0.135. The van der Waals surface area contributed by atoms with Gasteiger partial charge in [0, 0.05) is 39.3 Å². The van der Waals surface area contributed by atoms with Crippen LogP contribution in [0, 0.1) is 5.82 Å². The van der Waals surface area contributed by atoms with Crippen LogP contribution in [0.2, 0.25) is 0 Å². The van der Waals surface area contributed by atoms with Crippen LogP contribution in [0.5, 0.6) is 0 Å². The van der Waals surface area contributed by atoms with E-state index in [0.717, 1.165) is 38.0 Å². The summed E-state index contributed by atoms with van der Waals surface area (Å²) in [6.07, 6.45) is 1.99. The van der Waals surface area contributed by atoms with Crippen LogP contribution in [0.25, 0.3) is 0 Å². The molecule has 160 valence electrons. The van der Waals surface area contributed by atoms with Crippen LogP contribution in [-0.2, 0) is 16.1 Å². The van der Waals surface area contributed by atoms with Gasteiger partial charge in [0.1, 0.15) is 17.5 Å². The average Bonchev–Trinajstić information content (AvgIpc) is 3.03. The van der Waals surface area contributed by atoms with E-state index in [4.69, 9.17) is 4.74 Å². The molecule has 0 N–H and O–H groups in total. The predicted molar refractivity (Wildman–Crippen MR) is 109 cm³/mol. The highest BCUT2D eigenvalue weighted by atomic mass is 19.1. The molecule has 7 heteroatoms. The van der Waals surface area contributed by atoms with Crippen molar-refractivity contribution in [3.63, 3.8) is 0 Å². The number of hydrogen-bond donors (Lipinski definition) is 0.